The predicted octanol–water partition coefficient (Wildman–Crippen LogP) is 1.67. The molecule has 2 aromatic heterocycles. The number of aromatic nitrogens is 2. The van der Waals surface area contributed by atoms with Crippen LogP contribution in [0.15, 0.2) is 22.6 Å². The van der Waals surface area contributed by atoms with Gasteiger partial charge < -0.3 is 14.4 Å². The first kappa shape index (κ1) is 13.4. The zero-order chi connectivity index (χ0) is 15.0. The molecule has 2 heterocycles. The Morgan fingerprint density at radius 1 is 1.48 bits per heavy atom. The Kier molecular flexibility index (Phi) is 3.25. The highest BCUT2D eigenvalue weighted by atomic mass is 16.4. The molecule has 21 heavy (non-hydrogen) atoms. The molecule has 0 aromatic carbocycles. The summed E-state index contributed by atoms with van der Waals surface area (Å²) in [6, 6.07) is 5.20. The van der Waals surface area contributed by atoms with Crippen molar-refractivity contribution < 1.29 is 19.1 Å². The Hall–Kier alpha value is -2.57. The lowest BCUT2D eigenvalue weighted by molar-refractivity contribution is -0.137. The summed E-state index contributed by atoms with van der Waals surface area (Å²) in [6.45, 7) is 1.53. The van der Waals surface area contributed by atoms with Gasteiger partial charge in [-0.1, -0.05) is 0 Å². The Morgan fingerprint density at radius 2 is 2.24 bits per heavy atom. The Bertz CT molecular complexity index is 684. The van der Waals surface area contributed by atoms with E-state index in [0.29, 0.717) is 11.5 Å². The number of aryl methyl sites for hydroxylation is 1. The molecule has 110 valence electrons. The fourth-order valence-electron chi connectivity index (χ4n) is 2.18. The number of nitrogens with one attached hydrogen (secondary N) is 1. The van der Waals surface area contributed by atoms with Crippen molar-refractivity contribution >= 4 is 11.9 Å². The highest BCUT2D eigenvalue weighted by molar-refractivity contribution is 5.95. The monoisotopic (exact) mass is 289 g/mol. The summed E-state index contributed by atoms with van der Waals surface area (Å²) in [5.74, 6) is -0.0356. The van der Waals surface area contributed by atoms with Crippen LogP contribution in [0, 0.1) is 6.92 Å². The largest absolute Gasteiger partial charge is 0.480 e. The maximum Gasteiger partial charge on any atom is 0.323 e. The number of carboxylic acid groups (broad SMARTS) is 1. The number of hydrogen-bond donors (Lipinski definition) is 2. The molecule has 2 N–H and O–H groups in total. The van der Waals surface area contributed by atoms with E-state index < -0.39 is 5.97 Å². The van der Waals surface area contributed by atoms with E-state index in [1.54, 1.807) is 12.1 Å². The second kappa shape index (κ2) is 5.08. The predicted molar refractivity (Wildman–Crippen MR) is 72.7 cm³/mol. The van der Waals surface area contributed by atoms with Crippen LogP contribution in [0.5, 0.6) is 0 Å². The third kappa shape index (κ3) is 2.81. The average Bonchev–Trinajstić information content (AvgIpc) is 2.98. The molecular weight excluding hydrogens is 274 g/mol. The number of aromatic amines is 1. The van der Waals surface area contributed by atoms with Crippen LogP contribution in [0.3, 0.4) is 0 Å². The zero-order valence-corrected chi connectivity index (χ0v) is 11.5. The van der Waals surface area contributed by atoms with Gasteiger partial charge in [-0.05, 0) is 31.9 Å². The Morgan fingerprint density at radius 3 is 2.81 bits per heavy atom. The molecule has 0 bridgehead atoms. The minimum atomic E-state index is -1.02. The number of rotatable bonds is 5. The van der Waals surface area contributed by atoms with E-state index in [4.69, 9.17) is 9.52 Å². The quantitative estimate of drug-likeness (QED) is 0.872. The van der Waals surface area contributed by atoms with Crippen LogP contribution in [0.4, 0.5) is 0 Å². The van der Waals surface area contributed by atoms with Crippen molar-refractivity contribution in [1.29, 1.82) is 0 Å². The second-order valence-corrected chi connectivity index (χ2v) is 5.14. The molecule has 0 radical (unpaired) electrons. The summed E-state index contributed by atoms with van der Waals surface area (Å²) in [7, 11) is 0. The Balaban J connectivity index is 1.81. The minimum Gasteiger partial charge on any atom is -0.480 e. The van der Waals surface area contributed by atoms with Gasteiger partial charge in [0.05, 0.1) is 0 Å². The molecule has 0 saturated heterocycles. The lowest BCUT2D eigenvalue weighted by atomic mass is 10.2. The number of H-pyrrole nitrogens is 1. The maximum absolute atomic E-state index is 12.4. The lowest BCUT2D eigenvalue weighted by Gasteiger charge is -2.18. The van der Waals surface area contributed by atoms with Gasteiger partial charge in [-0.25, -0.2) is 0 Å². The smallest absolute Gasteiger partial charge is 0.323 e. The standard InChI is InChI=1S/C14H15N3O4/c1-8-2-5-12(21-8)10-6-11(16-15-10)14(20)17(7-13(18)19)9-3-4-9/h2,5-6,9H,3-4,7H2,1H3,(H,15,16)(H,18,19). The number of amides is 1. The normalized spacial score (nSPS) is 14.1. The fourth-order valence-corrected chi connectivity index (χ4v) is 2.18. The molecule has 1 fully saturated rings. The summed E-state index contributed by atoms with van der Waals surface area (Å²) in [4.78, 5) is 24.6. The van der Waals surface area contributed by atoms with Gasteiger partial charge >= 0.3 is 5.97 Å². The molecule has 0 aliphatic heterocycles. The first-order valence-corrected chi connectivity index (χ1v) is 6.69. The van der Waals surface area contributed by atoms with E-state index in [1.165, 1.54) is 4.90 Å². The molecule has 0 spiro atoms. The van der Waals surface area contributed by atoms with Gasteiger partial charge in [0.25, 0.3) is 5.91 Å². The van der Waals surface area contributed by atoms with Crippen molar-refractivity contribution in [3.05, 3.63) is 29.7 Å². The van der Waals surface area contributed by atoms with Crippen molar-refractivity contribution in [2.75, 3.05) is 6.54 Å². The van der Waals surface area contributed by atoms with Crippen LogP contribution in [-0.2, 0) is 4.79 Å². The van der Waals surface area contributed by atoms with Crippen molar-refractivity contribution in [3.63, 3.8) is 0 Å². The molecule has 3 rings (SSSR count). The van der Waals surface area contributed by atoms with Gasteiger partial charge in [0.2, 0.25) is 0 Å². The second-order valence-electron chi connectivity index (χ2n) is 5.14. The number of carboxylic acids is 1. The maximum atomic E-state index is 12.4. The number of hydrogen-bond acceptors (Lipinski definition) is 4. The summed E-state index contributed by atoms with van der Waals surface area (Å²) < 4.78 is 5.46. The highest BCUT2D eigenvalue weighted by Gasteiger charge is 2.35. The van der Waals surface area contributed by atoms with E-state index >= 15 is 0 Å². The van der Waals surface area contributed by atoms with Crippen LogP contribution in [-0.4, -0.2) is 44.7 Å². The minimum absolute atomic E-state index is 0.0135. The molecule has 1 aliphatic carbocycles. The Labute approximate surface area is 120 Å². The number of furan rings is 1. The van der Waals surface area contributed by atoms with Crippen LogP contribution in [0.25, 0.3) is 11.5 Å². The van der Waals surface area contributed by atoms with Crippen LogP contribution >= 0.6 is 0 Å². The van der Waals surface area contributed by atoms with Crippen molar-refractivity contribution in [2.45, 2.75) is 25.8 Å². The van der Waals surface area contributed by atoms with Gasteiger partial charge in [-0.3, -0.25) is 14.7 Å². The molecule has 1 amide bonds. The van der Waals surface area contributed by atoms with Crippen LogP contribution in [0.2, 0.25) is 0 Å². The SMILES string of the molecule is Cc1ccc(-c2cc(C(=O)N(CC(=O)O)C3CC3)n[nH]2)o1. The third-order valence-electron chi connectivity index (χ3n) is 3.36. The topological polar surface area (TPSA) is 99.4 Å². The molecule has 0 unspecified atom stereocenters. The van der Waals surface area contributed by atoms with Crippen LogP contribution in [0.1, 0.15) is 29.1 Å². The van der Waals surface area contributed by atoms with Gasteiger partial charge in [-0.15, -0.1) is 0 Å². The first-order chi connectivity index (χ1) is 10.0. The van der Waals surface area contributed by atoms with E-state index in [1.807, 2.05) is 13.0 Å². The molecule has 0 atom stereocenters. The van der Waals surface area contributed by atoms with E-state index in [2.05, 4.69) is 10.2 Å². The molecule has 1 saturated carbocycles. The van der Waals surface area contributed by atoms with E-state index in [9.17, 15) is 9.59 Å². The molecule has 7 nitrogen and oxygen atoms in total. The summed E-state index contributed by atoms with van der Waals surface area (Å²) in [5.41, 5.74) is 0.796. The van der Waals surface area contributed by atoms with Gasteiger partial charge in [0.15, 0.2) is 11.5 Å². The van der Waals surface area contributed by atoms with E-state index in [0.717, 1.165) is 18.6 Å². The molecule has 7 heteroatoms. The summed E-state index contributed by atoms with van der Waals surface area (Å²) >= 11 is 0. The van der Waals surface area contributed by atoms with Crippen LogP contribution < -0.4 is 0 Å². The molecule has 2 aromatic rings. The summed E-state index contributed by atoms with van der Waals surface area (Å²) in [5, 5.41) is 15.6. The van der Waals surface area contributed by atoms with Gasteiger partial charge in [-0.2, -0.15) is 5.10 Å². The average molecular weight is 289 g/mol. The zero-order valence-electron chi connectivity index (χ0n) is 11.5. The molecule has 1 aliphatic rings. The van der Waals surface area contributed by atoms with Crippen molar-refractivity contribution in [3.8, 4) is 11.5 Å². The molecular formula is C14H15N3O4. The van der Waals surface area contributed by atoms with Crippen molar-refractivity contribution in [2.24, 2.45) is 0 Å². The van der Waals surface area contributed by atoms with E-state index in [-0.39, 0.29) is 24.2 Å². The number of carbonyl (C=O) groups is 2. The fraction of sp³-hybridized carbons (Fsp3) is 0.357. The summed E-state index contributed by atoms with van der Waals surface area (Å²) in [6.07, 6.45) is 1.68. The highest BCUT2D eigenvalue weighted by Crippen LogP contribution is 2.28. The van der Waals surface area contributed by atoms with Crippen molar-refractivity contribution in [1.82, 2.24) is 15.1 Å². The number of carbonyl (C=O) groups excluding carboxylic acids is 1. The number of aliphatic carboxylic acids is 1. The van der Waals surface area contributed by atoms with Gasteiger partial charge in [0, 0.05) is 12.1 Å². The lowest BCUT2D eigenvalue weighted by Crippen LogP contribution is -2.37. The first-order valence-electron chi connectivity index (χ1n) is 6.69. The van der Waals surface area contributed by atoms with Gasteiger partial charge in [0.1, 0.15) is 18.0 Å². The number of nitrogens with zero attached hydrogens (tertiary/aromatic N) is 2. The third-order valence-corrected chi connectivity index (χ3v) is 3.36.